The van der Waals surface area contributed by atoms with Crippen LogP contribution in [0.3, 0.4) is 0 Å². The summed E-state index contributed by atoms with van der Waals surface area (Å²) in [6.45, 7) is 0. The monoisotopic (exact) mass is 402 g/mol. The van der Waals surface area contributed by atoms with Crippen molar-refractivity contribution in [3.63, 3.8) is 0 Å². The summed E-state index contributed by atoms with van der Waals surface area (Å²) in [6.07, 6.45) is 0. The second-order valence-electron chi connectivity index (χ2n) is 4.49. The van der Waals surface area contributed by atoms with Gasteiger partial charge in [-0.2, -0.15) is 0 Å². The predicted octanol–water partition coefficient (Wildman–Crippen LogP) is 2.50. The zero-order valence-corrected chi connectivity index (χ0v) is 14.2. The topological polar surface area (TPSA) is 98.5 Å². The van der Waals surface area contributed by atoms with Gasteiger partial charge in [-0.1, -0.05) is 0 Å². The first-order valence-corrected chi connectivity index (χ1v) is 8.53. The average Bonchev–Trinajstić information content (AvgIpc) is 2.49. The van der Waals surface area contributed by atoms with E-state index in [4.69, 9.17) is 9.88 Å². The number of carbonyl (C=O) groups is 1. The molecule has 0 aliphatic heterocycles. The number of halogens is 2. The molecule has 2 rings (SSSR count). The third-order valence-corrected chi connectivity index (χ3v) is 4.48. The highest BCUT2D eigenvalue weighted by Gasteiger charge is 2.15. The molecule has 0 saturated carbocycles. The zero-order chi connectivity index (χ0) is 17.2. The van der Waals surface area contributed by atoms with Crippen LogP contribution in [-0.2, 0) is 10.0 Å². The van der Waals surface area contributed by atoms with Gasteiger partial charge in [0.25, 0.3) is 5.91 Å². The van der Waals surface area contributed by atoms with E-state index in [0.717, 1.165) is 6.07 Å². The van der Waals surface area contributed by atoms with Crippen LogP contribution in [0, 0.1) is 5.82 Å². The summed E-state index contributed by atoms with van der Waals surface area (Å²) in [5, 5.41) is 7.53. The van der Waals surface area contributed by atoms with Gasteiger partial charge in [0.2, 0.25) is 10.0 Å². The van der Waals surface area contributed by atoms with Crippen LogP contribution < -0.4 is 15.2 Å². The van der Waals surface area contributed by atoms with Crippen molar-refractivity contribution >= 4 is 37.5 Å². The van der Waals surface area contributed by atoms with Crippen LogP contribution >= 0.6 is 15.9 Å². The largest absolute Gasteiger partial charge is 0.495 e. The number of methoxy groups -OCH3 is 1. The van der Waals surface area contributed by atoms with E-state index in [1.807, 2.05) is 0 Å². The lowest BCUT2D eigenvalue weighted by Gasteiger charge is -2.11. The molecule has 6 nitrogen and oxygen atoms in total. The molecular weight excluding hydrogens is 391 g/mol. The van der Waals surface area contributed by atoms with Crippen molar-refractivity contribution in [2.75, 3.05) is 12.4 Å². The number of nitrogens with two attached hydrogens (primary N) is 1. The summed E-state index contributed by atoms with van der Waals surface area (Å²) in [7, 11) is -2.57. The third-order valence-electron chi connectivity index (χ3n) is 2.93. The second-order valence-corrected chi connectivity index (χ2v) is 6.91. The zero-order valence-electron chi connectivity index (χ0n) is 11.8. The van der Waals surface area contributed by atoms with Gasteiger partial charge in [-0.25, -0.2) is 17.9 Å². The molecule has 0 unspecified atom stereocenters. The maximum Gasteiger partial charge on any atom is 0.255 e. The van der Waals surface area contributed by atoms with Gasteiger partial charge in [0.15, 0.2) is 0 Å². The van der Waals surface area contributed by atoms with Crippen molar-refractivity contribution in [1.29, 1.82) is 0 Å². The van der Waals surface area contributed by atoms with Crippen LogP contribution in [0.25, 0.3) is 0 Å². The SMILES string of the molecule is COc1ccc(S(N)(=O)=O)cc1NC(=O)c1ccc(Br)c(F)c1. The molecule has 0 fully saturated rings. The molecule has 0 atom stereocenters. The molecule has 2 aromatic carbocycles. The van der Waals surface area contributed by atoms with Crippen LogP contribution in [0.1, 0.15) is 10.4 Å². The summed E-state index contributed by atoms with van der Waals surface area (Å²) in [4.78, 5) is 12.0. The maximum atomic E-state index is 13.5. The first-order valence-electron chi connectivity index (χ1n) is 6.19. The van der Waals surface area contributed by atoms with E-state index >= 15 is 0 Å². The van der Waals surface area contributed by atoms with E-state index in [2.05, 4.69) is 21.2 Å². The van der Waals surface area contributed by atoms with Crippen molar-refractivity contribution in [1.82, 2.24) is 0 Å². The highest BCUT2D eigenvalue weighted by atomic mass is 79.9. The van der Waals surface area contributed by atoms with Crippen LogP contribution in [0.4, 0.5) is 10.1 Å². The molecule has 122 valence electrons. The fourth-order valence-corrected chi connectivity index (χ4v) is 2.58. The van der Waals surface area contributed by atoms with E-state index in [1.165, 1.54) is 37.4 Å². The minimum Gasteiger partial charge on any atom is -0.495 e. The maximum absolute atomic E-state index is 13.5. The smallest absolute Gasteiger partial charge is 0.255 e. The molecule has 1 amide bonds. The van der Waals surface area contributed by atoms with Gasteiger partial charge in [-0.3, -0.25) is 4.79 Å². The minimum atomic E-state index is -3.94. The normalized spacial score (nSPS) is 11.1. The molecule has 0 saturated heterocycles. The summed E-state index contributed by atoms with van der Waals surface area (Å²) >= 11 is 2.99. The Morgan fingerprint density at radius 2 is 1.96 bits per heavy atom. The van der Waals surface area contributed by atoms with Gasteiger partial charge >= 0.3 is 0 Å². The summed E-state index contributed by atoms with van der Waals surface area (Å²) < 4.78 is 41.6. The molecule has 0 spiro atoms. The molecule has 2 aromatic rings. The highest BCUT2D eigenvalue weighted by Crippen LogP contribution is 2.28. The molecule has 0 bridgehead atoms. The highest BCUT2D eigenvalue weighted by molar-refractivity contribution is 9.10. The number of sulfonamides is 1. The lowest BCUT2D eigenvalue weighted by molar-refractivity contribution is 0.102. The minimum absolute atomic E-state index is 0.0637. The molecule has 0 aromatic heterocycles. The van der Waals surface area contributed by atoms with Gasteiger partial charge < -0.3 is 10.1 Å². The van der Waals surface area contributed by atoms with Crippen molar-refractivity contribution in [2.45, 2.75) is 4.90 Å². The molecule has 9 heteroatoms. The summed E-state index contributed by atoms with van der Waals surface area (Å²) in [6, 6.07) is 7.64. The van der Waals surface area contributed by atoms with Gasteiger partial charge in [0.05, 0.1) is 22.2 Å². The van der Waals surface area contributed by atoms with Crippen LogP contribution in [-0.4, -0.2) is 21.4 Å². The quantitative estimate of drug-likeness (QED) is 0.820. The number of hydrogen-bond acceptors (Lipinski definition) is 4. The molecule has 0 radical (unpaired) electrons. The number of carbonyl (C=O) groups excluding carboxylic acids is 1. The molecule has 0 heterocycles. The summed E-state index contributed by atoms with van der Waals surface area (Å²) in [5.74, 6) is -0.979. The number of anilines is 1. The molecule has 0 aliphatic rings. The molecule has 0 aliphatic carbocycles. The van der Waals surface area contributed by atoms with Crippen LogP contribution in [0.2, 0.25) is 0 Å². The Morgan fingerprint density at radius 3 is 2.52 bits per heavy atom. The number of primary sulfonamides is 1. The van der Waals surface area contributed by atoms with Gasteiger partial charge in [-0.05, 0) is 52.3 Å². The fourth-order valence-electron chi connectivity index (χ4n) is 1.79. The Bertz CT molecular complexity index is 871. The van der Waals surface area contributed by atoms with Gasteiger partial charge in [-0.15, -0.1) is 0 Å². The number of ether oxygens (including phenoxy) is 1. The first kappa shape index (κ1) is 17.4. The Morgan fingerprint density at radius 1 is 1.26 bits per heavy atom. The first-order chi connectivity index (χ1) is 10.7. The number of nitrogens with one attached hydrogen (secondary N) is 1. The van der Waals surface area contributed by atoms with E-state index in [0.29, 0.717) is 0 Å². The third kappa shape index (κ3) is 4.06. The Labute approximate surface area is 140 Å². The van der Waals surface area contributed by atoms with E-state index in [9.17, 15) is 17.6 Å². The van der Waals surface area contributed by atoms with E-state index in [-0.39, 0.29) is 26.4 Å². The fraction of sp³-hybridized carbons (Fsp3) is 0.0714. The van der Waals surface area contributed by atoms with E-state index in [1.54, 1.807) is 0 Å². The molecule has 3 N–H and O–H groups in total. The van der Waals surface area contributed by atoms with E-state index < -0.39 is 21.7 Å². The summed E-state index contributed by atoms with van der Waals surface area (Å²) in [5.41, 5.74) is 0.168. The number of benzene rings is 2. The predicted molar refractivity (Wildman–Crippen MR) is 86.4 cm³/mol. The van der Waals surface area contributed by atoms with Crippen molar-refractivity contribution in [3.05, 3.63) is 52.3 Å². The standard InChI is InChI=1S/C14H12BrFN2O4S/c1-22-13-5-3-9(23(17,20)21)7-12(13)18-14(19)8-2-4-10(15)11(16)6-8/h2-7H,1H3,(H,18,19)(H2,17,20,21). The van der Waals surface area contributed by atoms with Gasteiger partial charge in [0, 0.05) is 5.56 Å². The number of amides is 1. The average molecular weight is 403 g/mol. The Balaban J connectivity index is 2.37. The van der Waals surface area contributed by atoms with Crippen molar-refractivity contribution < 1.29 is 22.3 Å². The number of hydrogen-bond donors (Lipinski definition) is 2. The lowest BCUT2D eigenvalue weighted by atomic mass is 10.2. The van der Waals surface area contributed by atoms with Crippen molar-refractivity contribution in [2.24, 2.45) is 5.14 Å². The lowest BCUT2D eigenvalue weighted by Crippen LogP contribution is -2.15. The van der Waals surface area contributed by atoms with Gasteiger partial charge in [0.1, 0.15) is 11.6 Å². The van der Waals surface area contributed by atoms with Crippen LogP contribution in [0.15, 0.2) is 45.8 Å². The van der Waals surface area contributed by atoms with Crippen LogP contribution in [0.5, 0.6) is 5.75 Å². The Kier molecular flexibility index (Phi) is 5.03. The Hall–Kier alpha value is -1.97. The second kappa shape index (κ2) is 6.65. The molecule has 23 heavy (non-hydrogen) atoms. The van der Waals surface area contributed by atoms with Crippen molar-refractivity contribution in [3.8, 4) is 5.75 Å². The molecular formula is C14H12BrFN2O4S. The number of rotatable bonds is 4.